The minimum atomic E-state index is -0.229. The van der Waals surface area contributed by atoms with Crippen LogP contribution in [0, 0.1) is 5.82 Å². The van der Waals surface area contributed by atoms with Crippen LogP contribution in [0.5, 0.6) is 0 Å². The van der Waals surface area contributed by atoms with Crippen LogP contribution in [0.3, 0.4) is 0 Å². The maximum Gasteiger partial charge on any atom is 0.123 e. The Morgan fingerprint density at radius 3 is 2.25 bits per heavy atom. The van der Waals surface area contributed by atoms with Crippen molar-refractivity contribution in [2.75, 3.05) is 6.61 Å². The van der Waals surface area contributed by atoms with Gasteiger partial charge in [-0.05, 0) is 31.0 Å². The van der Waals surface area contributed by atoms with E-state index in [1.54, 1.807) is 12.1 Å². The molecule has 1 rings (SSSR count). The zero-order chi connectivity index (χ0) is 14.8. The number of nitrogens with two attached hydrogens (primary N) is 1. The van der Waals surface area contributed by atoms with E-state index in [2.05, 4.69) is 6.92 Å². The van der Waals surface area contributed by atoms with Crippen molar-refractivity contribution < 1.29 is 9.13 Å². The second kappa shape index (κ2) is 9.89. The van der Waals surface area contributed by atoms with E-state index in [1.165, 1.54) is 44.2 Å². The Morgan fingerprint density at radius 1 is 1.05 bits per heavy atom. The fourth-order valence-electron chi connectivity index (χ4n) is 2.30. The number of unbranched alkanes of at least 4 members (excludes halogenated alkanes) is 5. The summed E-state index contributed by atoms with van der Waals surface area (Å²) in [5.41, 5.74) is 6.92. The normalized spacial score (nSPS) is 14.2. The van der Waals surface area contributed by atoms with Crippen LogP contribution in [0.1, 0.15) is 64.0 Å². The molecule has 0 aliphatic heterocycles. The second-order valence-corrected chi connectivity index (χ2v) is 5.47. The molecular weight excluding hydrogens is 253 g/mol. The summed E-state index contributed by atoms with van der Waals surface area (Å²) < 4.78 is 18.8. The molecule has 0 radical (unpaired) electrons. The predicted octanol–water partition coefficient (Wildman–Crippen LogP) is 4.59. The molecule has 20 heavy (non-hydrogen) atoms. The van der Waals surface area contributed by atoms with Gasteiger partial charge in [0.1, 0.15) is 5.82 Å². The molecule has 1 aromatic rings. The minimum absolute atomic E-state index is 0.0967. The van der Waals surface area contributed by atoms with Gasteiger partial charge in [0.05, 0.1) is 6.10 Å². The highest BCUT2D eigenvalue weighted by Gasteiger charge is 2.16. The summed E-state index contributed by atoms with van der Waals surface area (Å²) in [7, 11) is 0. The van der Waals surface area contributed by atoms with Crippen LogP contribution in [0.25, 0.3) is 0 Å². The third-order valence-electron chi connectivity index (χ3n) is 3.47. The molecule has 0 aromatic heterocycles. The monoisotopic (exact) mass is 281 g/mol. The molecule has 0 bridgehead atoms. The molecule has 0 spiro atoms. The Balaban J connectivity index is 2.31. The van der Waals surface area contributed by atoms with Crippen molar-refractivity contribution in [1.82, 2.24) is 0 Å². The fourth-order valence-corrected chi connectivity index (χ4v) is 2.30. The summed E-state index contributed by atoms with van der Waals surface area (Å²) in [6.45, 7) is 4.87. The lowest BCUT2D eigenvalue weighted by Crippen LogP contribution is -2.27. The average molecular weight is 281 g/mol. The largest absolute Gasteiger partial charge is 0.372 e. The number of halogens is 1. The molecule has 2 atom stereocenters. The molecule has 0 amide bonds. The molecule has 0 heterocycles. The van der Waals surface area contributed by atoms with Crippen molar-refractivity contribution in [1.29, 1.82) is 0 Å². The summed E-state index contributed by atoms with van der Waals surface area (Å²) in [4.78, 5) is 0. The van der Waals surface area contributed by atoms with Crippen molar-refractivity contribution in [2.45, 2.75) is 64.5 Å². The van der Waals surface area contributed by atoms with Crippen molar-refractivity contribution in [3.63, 3.8) is 0 Å². The molecule has 0 saturated carbocycles. The highest BCUT2D eigenvalue weighted by molar-refractivity contribution is 5.19. The topological polar surface area (TPSA) is 35.2 Å². The average Bonchev–Trinajstić information content (AvgIpc) is 2.43. The highest BCUT2D eigenvalue weighted by Crippen LogP contribution is 2.21. The molecule has 0 aliphatic rings. The maximum atomic E-state index is 12.9. The van der Waals surface area contributed by atoms with E-state index in [1.807, 2.05) is 6.92 Å². The molecule has 0 saturated heterocycles. The second-order valence-electron chi connectivity index (χ2n) is 5.47. The van der Waals surface area contributed by atoms with Crippen LogP contribution in [0.15, 0.2) is 24.3 Å². The fraction of sp³-hybridized carbons (Fsp3) is 0.647. The standard InChI is InChI=1S/C17H28FNO/c1-3-4-5-6-7-8-13-20-17(14(2)19)15-9-11-16(18)12-10-15/h9-12,14,17H,3-8,13,19H2,1-2H3. The molecule has 0 fully saturated rings. The van der Waals surface area contributed by atoms with Gasteiger partial charge in [0.15, 0.2) is 0 Å². The van der Waals surface area contributed by atoms with Gasteiger partial charge in [0, 0.05) is 12.6 Å². The summed E-state index contributed by atoms with van der Waals surface area (Å²) in [6, 6.07) is 6.33. The smallest absolute Gasteiger partial charge is 0.123 e. The minimum Gasteiger partial charge on any atom is -0.372 e. The molecule has 3 heteroatoms. The van der Waals surface area contributed by atoms with Crippen LogP contribution in [0.2, 0.25) is 0 Å². The SMILES string of the molecule is CCCCCCCCOC(c1ccc(F)cc1)C(C)N. The first-order valence-electron chi connectivity index (χ1n) is 7.77. The predicted molar refractivity (Wildman–Crippen MR) is 82.1 cm³/mol. The summed E-state index contributed by atoms with van der Waals surface area (Å²) in [5, 5.41) is 0. The number of rotatable bonds is 10. The van der Waals surface area contributed by atoms with Gasteiger partial charge in [-0.1, -0.05) is 51.2 Å². The Morgan fingerprint density at radius 2 is 1.65 bits per heavy atom. The molecular formula is C17H28FNO. The Labute approximate surface area is 122 Å². The van der Waals surface area contributed by atoms with Gasteiger partial charge in [-0.2, -0.15) is 0 Å². The van der Waals surface area contributed by atoms with E-state index >= 15 is 0 Å². The first-order valence-corrected chi connectivity index (χ1v) is 7.77. The van der Waals surface area contributed by atoms with E-state index < -0.39 is 0 Å². The molecule has 114 valence electrons. The van der Waals surface area contributed by atoms with E-state index in [0.29, 0.717) is 0 Å². The molecule has 2 unspecified atom stereocenters. The van der Waals surface area contributed by atoms with E-state index in [0.717, 1.165) is 18.6 Å². The number of hydrogen-bond donors (Lipinski definition) is 1. The van der Waals surface area contributed by atoms with E-state index in [9.17, 15) is 4.39 Å². The van der Waals surface area contributed by atoms with Gasteiger partial charge in [0.25, 0.3) is 0 Å². The van der Waals surface area contributed by atoms with Gasteiger partial charge in [0.2, 0.25) is 0 Å². The third kappa shape index (κ3) is 6.49. The van der Waals surface area contributed by atoms with Crippen molar-refractivity contribution in [3.8, 4) is 0 Å². The Bertz CT molecular complexity index is 351. The van der Waals surface area contributed by atoms with Crippen LogP contribution < -0.4 is 5.73 Å². The summed E-state index contributed by atoms with van der Waals surface area (Å²) in [6.07, 6.45) is 7.30. The van der Waals surface area contributed by atoms with Gasteiger partial charge in [-0.3, -0.25) is 0 Å². The van der Waals surface area contributed by atoms with Crippen LogP contribution >= 0.6 is 0 Å². The lowest BCUT2D eigenvalue weighted by molar-refractivity contribution is 0.0358. The first-order chi connectivity index (χ1) is 9.65. The third-order valence-corrected chi connectivity index (χ3v) is 3.47. The molecule has 2 N–H and O–H groups in total. The van der Waals surface area contributed by atoms with Crippen LogP contribution in [-0.2, 0) is 4.74 Å². The zero-order valence-electron chi connectivity index (χ0n) is 12.8. The number of hydrogen-bond acceptors (Lipinski definition) is 2. The zero-order valence-corrected chi connectivity index (χ0v) is 12.8. The van der Waals surface area contributed by atoms with Crippen LogP contribution in [-0.4, -0.2) is 12.6 Å². The van der Waals surface area contributed by atoms with Crippen molar-refractivity contribution in [2.24, 2.45) is 5.73 Å². The summed E-state index contributed by atoms with van der Waals surface area (Å²) >= 11 is 0. The lowest BCUT2D eigenvalue weighted by Gasteiger charge is -2.22. The van der Waals surface area contributed by atoms with Crippen molar-refractivity contribution in [3.05, 3.63) is 35.6 Å². The van der Waals surface area contributed by atoms with Gasteiger partial charge >= 0.3 is 0 Å². The molecule has 2 nitrogen and oxygen atoms in total. The van der Waals surface area contributed by atoms with Gasteiger partial charge < -0.3 is 10.5 Å². The number of benzene rings is 1. The van der Waals surface area contributed by atoms with Crippen molar-refractivity contribution >= 4 is 0 Å². The first kappa shape index (κ1) is 17.1. The molecule has 1 aromatic carbocycles. The quantitative estimate of drug-likeness (QED) is 0.637. The van der Waals surface area contributed by atoms with E-state index in [-0.39, 0.29) is 18.0 Å². The maximum absolute atomic E-state index is 12.9. The highest BCUT2D eigenvalue weighted by atomic mass is 19.1. The van der Waals surface area contributed by atoms with Gasteiger partial charge in [-0.25, -0.2) is 4.39 Å². The van der Waals surface area contributed by atoms with Crippen LogP contribution in [0.4, 0.5) is 4.39 Å². The van der Waals surface area contributed by atoms with Gasteiger partial charge in [-0.15, -0.1) is 0 Å². The summed E-state index contributed by atoms with van der Waals surface area (Å²) in [5.74, 6) is -0.229. The Hall–Kier alpha value is -0.930. The van der Waals surface area contributed by atoms with E-state index in [4.69, 9.17) is 10.5 Å². The molecule has 0 aliphatic carbocycles. The number of ether oxygens (including phenoxy) is 1. The Kier molecular flexibility index (Phi) is 8.47. The lowest BCUT2D eigenvalue weighted by atomic mass is 10.0.